The Balaban J connectivity index is 1.81. The van der Waals surface area contributed by atoms with E-state index in [1.54, 1.807) is 6.92 Å². The fraction of sp³-hybridized carbons (Fsp3) is 0.400. The summed E-state index contributed by atoms with van der Waals surface area (Å²) >= 11 is 0. The normalized spacial score (nSPS) is 19.5. The standard InChI is InChI=1S/C20H24F2N2O2S/c1-3-24(27(25,26)20-13-17(21)9-10-19(20)22)18-11-12-23(14-18)15(2)16-7-5-4-6-8-16/h4-10,13,15,18H,3,11-12,14H2,1-2H3. The van der Waals surface area contributed by atoms with E-state index >= 15 is 0 Å². The molecule has 146 valence electrons. The van der Waals surface area contributed by atoms with Gasteiger partial charge >= 0.3 is 0 Å². The van der Waals surface area contributed by atoms with Crippen molar-refractivity contribution in [2.24, 2.45) is 0 Å². The van der Waals surface area contributed by atoms with Gasteiger partial charge in [-0.05, 0) is 37.1 Å². The van der Waals surface area contributed by atoms with E-state index < -0.39 is 26.6 Å². The lowest BCUT2D eigenvalue weighted by atomic mass is 10.1. The summed E-state index contributed by atoms with van der Waals surface area (Å²) in [6.07, 6.45) is 0.654. The predicted octanol–water partition coefficient (Wildman–Crippen LogP) is 3.81. The molecule has 0 spiro atoms. The van der Waals surface area contributed by atoms with Crippen molar-refractivity contribution in [3.8, 4) is 0 Å². The number of likely N-dealkylation sites (N-methyl/N-ethyl adjacent to an activating group) is 1. The van der Waals surface area contributed by atoms with Crippen LogP contribution in [0.4, 0.5) is 8.78 Å². The Labute approximate surface area is 159 Å². The Morgan fingerprint density at radius 2 is 1.89 bits per heavy atom. The maximum atomic E-state index is 14.1. The average molecular weight is 394 g/mol. The molecule has 1 aliphatic rings. The molecular formula is C20H24F2N2O2S. The fourth-order valence-electron chi connectivity index (χ4n) is 3.72. The van der Waals surface area contributed by atoms with E-state index in [1.807, 2.05) is 18.2 Å². The number of benzene rings is 2. The Morgan fingerprint density at radius 3 is 2.56 bits per heavy atom. The number of sulfonamides is 1. The molecule has 0 aliphatic carbocycles. The molecule has 2 aromatic carbocycles. The third-order valence-electron chi connectivity index (χ3n) is 5.22. The van der Waals surface area contributed by atoms with Crippen LogP contribution < -0.4 is 0 Å². The zero-order valence-electron chi connectivity index (χ0n) is 15.5. The molecule has 2 unspecified atom stereocenters. The van der Waals surface area contributed by atoms with Gasteiger partial charge in [-0.25, -0.2) is 17.2 Å². The third kappa shape index (κ3) is 4.05. The van der Waals surface area contributed by atoms with Crippen LogP contribution in [0.1, 0.15) is 31.9 Å². The first-order valence-corrected chi connectivity index (χ1v) is 10.5. The second-order valence-corrected chi connectivity index (χ2v) is 8.67. The molecule has 0 aromatic heterocycles. The van der Waals surface area contributed by atoms with Crippen molar-refractivity contribution in [2.45, 2.75) is 37.2 Å². The van der Waals surface area contributed by atoms with Gasteiger partial charge in [-0.2, -0.15) is 4.31 Å². The summed E-state index contributed by atoms with van der Waals surface area (Å²) in [5, 5.41) is 0. The molecule has 0 N–H and O–H groups in total. The zero-order chi connectivity index (χ0) is 19.6. The highest BCUT2D eigenvalue weighted by Gasteiger charge is 2.37. The summed E-state index contributed by atoms with van der Waals surface area (Å²) in [6.45, 7) is 5.32. The van der Waals surface area contributed by atoms with Crippen molar-refractivity contribution in [1.29, 1.82) is 0 Å². The van der Waals surface area contributed by atoms with E-state index in [4.69, 9.17) is 0 Å². The van der Waals surface area contributed by atoms with Crippen molar-refractivity contribution in [2.75, 3.05) is 19.6 Å². The Kier molecular flexibility index (Phi) is 5.93. The molecule has 3 rings (SSSR count). The number of likely N-dealkylation sites (tertiary alicyclic amines) is 1. The van der Waals surface area contributed by atoms with Gasteiger partial charge in [-0.15, -0.1) is 0 Å². The highest BCUT2D eigenvalue weighted by molar-refractivity contribution is 7.89. The van der Waals surface area contributed by atoms with E-state index in [9.17, 15) is 17.2 Å². The van der Waals surface area contributed by atoms with Crippen molar-refractivity contribution in [3.05, 3.63) is 65.7 Å². The highest BCUT2D eigenvalue weighted by Crippen LogP contribution is 2.30. The molecule has 1 aliphatic heterocycles. The van der Waals surface area contributed by atoms with Crippen LogP contribution in [-0.4, -0.2) is 43.3 Å². The lowest BCUT2D eigenvalue weighted by molar-refractivity contribution is 0.239. The van der Waals surface area contributed by atoms with Crippen LogP contribution in [0.3, 0.4) is 0 Å². The van der Waals surface area contributed by atoms with E-state index in [0.717, 1.165) is 24.7 Å². The first kappa shape index (κ1) is 19.9. The minimum absolute atomic E-state index is 0.156. The maximum Gasteiger partial charge on any atom is 0.246 e. The predicted molar refractivity (Wildman–Crippen MR) is 101 cm³/mol. The summed E-state index contributed by atoms with van der Waals surface area (Å²) in [5.41, 5.74) is 1.17. The molecule has 0 amide bonds. The van der Waals surface area contributed by atoms with Crippen LogP contribution in [0.15, 0.2) is 53.4 Å². The molecule has 0 bridgehead atoms. The number of nitrogens with zero attached hydrogens (tertiary/aromatic N) is 2. The summed E-state index contributed by atoms with van der Waals surface area (Å²) in [5.74, 6) is -1.70. The van der Waals surface area contributed by atoms with Gasteiger partial charge in [-0.1, -0.05) is 37.3 Å². The van der Waals surface area contributed by atoms with Gasteiger partial charge in [0.25, 0.3) is 0 Å². The lowest BCUT2D eigenvalue weighted by Crippen LogP contribution is -2.42. The molecule has 0 radical (unpaired) electrons. The van der Waals surface area contributed by atoms with Gasteiger partial charge in [0.1, 0.15) is 16.5 Å². The van der Waals surface area contributed by atoms with Crippen molar-refractivity contribution >= 4 is 10.0 Å². The minimum atomic E-state index is -4.11. The largest absolute Gasteiger partial charge is 0.295 e. The Bertz CT molecular complexity index is 890. The number of hydrogen-bond acceptors (Lipinski definition) is 3. The van der Waals surface area contributed by atoms with E-state index in [1.165, 1.54) is 9.87 Å². The van der Waals surface area contributed by atoms with Gasteiger partial charge in [0.05, 0.1) is 0 Å². The quantitative estimate of drug-likeness (QED) is 0.748. The molecule has 2 aromatic rings. The molecule has 27 heavy (non-hydrogen) atoms. The van der Waals surface area contributed by atoms with Crippen LogP contribution >= 0.6 is 0 Å². The van der Waals surface area contributed by atoms with Crippen LogP contribution in [0, 0.1) is 11.6 Å². The number of halogens is 2. The van der Waals surface area contributed by atoms with Crippen LogP contribution in [-0.2, 0) is 10.0 Å². The average Bonchev–Trinajstić information content (AvgIpc) is 3.13. The third-order valence-corrected chi connectivity index (χ3v) is 7.27. The van der Waals surface area contributed by atoms with Crippen LogP contribution in [0.25, 0.3) is 0 Å². The van der Waals surface area contributed by atoms with Gasteiger partial charge in [-0.3, -0.25) is 4.90 Å². The Hall–Kier alpha value is -1.83. The van der Waals surface area contributed by atoms with Crippen molar-refractivity contribution in [3.63, 3.8) is 0 Å². The summed E-state index contributed by atoms with van der Waals surface area (Å²) in [6, 6.07) is 12.4. The first-order chi connectivity index (χ1) is 12.8. The number of hydrogen-bond donors (Lipinski definition) is 0. The SMILES string of the molecule is CCN(C1CCN(C(C)c2ccccc2)C1)S(=O)(=O)c1cc(F)ccc1F. The van der Waals surface area contributed by atoms with Crippen molar-refractivity contribution in [1.82, 2.24) is 9.21 Å². The van der Waals surface area contributed by atoms with Gasteiger partial charge in [0.15, 0.2) is 0 Å². The van der Waals surface area contributed by atoms with Crippen LogP contribution in [0.2, 0.25) is 0 Å². The van der Waals surface area contributed by atoms with Gasteiger partial charge in [0, 0.05) is 31.7 Å². The molecule has 2 atom stereocenters. The molecule has 1 saturated heterocycles. The molecule has 0 saturated carbocycles. The second kappa shape index (κ2) is 8.04. The van der Waals surface area contributed by atoms with Crippen molar-refractivity contribution < 1.29 is 17.2 Å². The molecule has 7 heteroatoms. The molecule has 1 heterocycles. The highest BCUT2D eigenvalue weighted by atomic mass is 32.2. The van der Waals surface area contributed by atoms with Crippen LogP contribution in [0.5, 0.6) is 0 Å². The number of rotatable bonds is 6. The monoisotopic (exact) mass is 394 g/mol. The summed E-state index contributed by atoms with van der Waals surface area (Å²) in [4.78, 5) is 1.62. The minimum Gasteiger partial charge on any atom is -0.295 e. The van der Waals surface area contributed by atoms with Gasteiger partial charge < -0.3 is 0 Å². The molecule has 1 fully saturated rings. The summed E-state index contributed by atoms with van der Waals surface area (Å²) in [7, 11) is -4.11. The van der Waals surface area contributed by atoms with E-state index in [0.29, 0.717) is 13.0 Å². The van der Waals surface area contributed by atoms with E-state index in [2.05, 4.69) is 24.0 Å². The zero-order valence-corrected chi connectivity index (χ0v) is 16.3. The summed E-state index contributed by atoms with van der Waals surface area (Å²) < 4.78 is 54.8. The lowest BCUT2D eigenvalue weighted by Gasteiger charge is -2.29. The Morgan fingerprint density at radius 1 is 1.19 bits per heavy atom. The van der Waals surface area contributed by atoms with Gasteiger partial charge in [0.2, 0.25) is 10.0 Å². The second-order valence-electron chi connectivity index (χ2n) is 6.81. The topological polar surface area (TPSA) is 40.6 Å². The molecule has 4 nitrogen and oxygen atoms in total. The smallest absolute Gasteiger partial charge is 0.246 e. The fourth-order valence-corrected chi connectivity index (χ4v) is 5.46. The molecular weight excluding hydrogens is 370 g/mol. The first-order valence-electron chi connectivity index (χ1n) is 9.10. The maximum absolute atomic E-state index is 14.1. The van der Waals surface area contributed by atoms with E-state index in [-0.39, 0.29) is 18.6 Å².